The lowest BCUT2D eigenvalue weighted by molar-refractivity contribution is 0.157. The highest BCUT2D eigenvalue weighted by atomic mass is 35.5. The van der Waals surface area contributed by atoms with Crippen molar-refractivity contribution in [3.05, 3.63) is 0 Å². The summed E-state index contributed by atoms with van der Waals surface area (Å²) < 4.78 is 28.4. The van der Waals surface area contributed by atoms with Gasteiger partial charge in [0.25, 0.3) is 0 Å². The fourth-order valence-electron chi connectivity index (χ4n) is 6.23. The Morgan fingerprint density at radius 1 is 0.889 bits per heavy atom. The van der Waals surface area contributed by atoms with E-state index in [0.29, 0.717) is 5.92 Å². The summed E-state index contributed by atoms with van der Waals surface area (Å²) in [6.07, 6.45) is 17.6. The van der Waals surface area contributed by atoms with Crippen LogP contribution in [0.15, 0.2) is 0 Å². The zero-order chi connectivity index (χ0) is 19.5. The summed E-state index contributed by atoms with van der Waals surface area (Å²) in [5.41, 5.74) is -0.194. The van der Waals surface area contributed by atoms with Crippen molar-refractivity contribution < 1.29 is 8.42 Å². The monoisotopic (exact) mass is 417 g/mol. The molecule has 0 amide bonds. The van der Waals surface area contributed by atoms with E-state index in [1.807, 2.05) is 0 Å². The lowest BCUT2D eigenvalue weighted by Crippen LogP contribution is -2.47. The lowest BCUT2D eigenvalue weighted by Gasteiger charge is -2.40. The Kier molecular flexibility index (Phi) is 7.23. The summed E-state index contributed by atoms with van der Waals surface area (Å²) >= 11 is 6.61. The molecule has 0 aromatic heterocycles. The maximum absolute atomic E-state index is 12.7. The van der Waals surface area contributed by atoms with Crippen LogP contribution in [0.3, 0.4) is 0 Å². The molecule has 0 aliphatic heterocycles. The first-order valence-corrected chi connectivity index (χ1v) is 13.5. The number of nitrogens with one attached hydrogen (secondary N) is 1. The topological polar surface area (TPSA) is 46.2 Å². The van der Waals surface area contributed by atoms with Crippen LogP contribution in [0.2, 0.25) is 0 Å². The number of alkyl halides is 1. The second-order valence-electron chi connectivity index (χ2n) is 10.1. The zero-order valence-corrected chi connectivity index (χ0v) is 19.0. The Morgan fingerprint density at radius 2 is 1.41 bits per heavy atom. The SMILES string of the molecule is C1CCCCC1.CC1(C)C2CCC1(CS(=O)(=O)NC1CCCCC1)C(Cl)C2. The van der Waals surface area contributed by atoms with Gasteiger partial charge in [-0.3, -0.25) is 0 Å². The predicted octanol–water partition coefficient (Wildman–Crippen LogP) is 6.01. The molecule has 1 N–H and O–H groups in total. The van der Waals surface area contributed by atoms with Crippen molar-refractivity contribution in [2.24, 2.45) is 16.7 Å². The smallest absolute Gasteiger partial charge is 0.212 e. The van der Waals surface area contributed by atoms with E-state index in [2.05, 4.69) is 18.6 Å². The number of hydrogen-bond donors (Lipinski definition) is 1. The van der Waals surface area contributed by atoms with Crippen molar-refractivity contribution in [1.29, 1.82) is 0 Å². The van der Waals surface area contributed by atoms with Gasteiger partial charge in [-0.25, -0.2) is 13.1 Å². The summed E-state index contributed by atoms with van der Waals surface area (Å²) in [6, 6.07) is 0.149. The van der Waals surface area contributed by atoms with Gasteiger partial charge in [0.1, 0.15) is 0 Å². The van der Waals surface area contributed by atoms with Crippen LogP contribution in [-0.2, 0) is 10.0 Å². The van der Waals surface area contributed by atoms with E-state index in [-0.39, 0.29) is 28.0 Å². The van der Waals surface area contributed by atoms with E-state index >= 15 is 0 Å². The molecule has 3 nitrogen and oxygen atoms in total. The van der Waals surface area contributed by atoms with Gasteiger partial charge in [-0.1, -0.05) is 71.6 Å². The van der Waals surface area contributed by atoms with E-state index in [9.17, 15) is 8.42 Å². The third-order valence-corrected chi connectivity index (χ3v) is 10.4. The Balaban J connectivity index is 0.000000299. The average Bonchev–Trinajstić information content (AvgIpc) is 2.98. The van der Waals surface area contributed by atoms with Crippen LogP contribution in [0.25, 0.3) is 0 Å². The summed E-state index contributed by atoms with van der Waals surface area (Å²) in [5, 5.41) is 0.00850. The van der Waals surface area contributed by atoms with Gasteiger partial charge in [-0.05, 0) is 43.4 Å². The summed E-state index contributed by atoms with van der Waals surface area (Å²) in [7, 11) is -3.25. The van der Waals surface area contributed by atoms with Gasteiger partial charge < -0.3 is 0 Å². The highest BCUT2D eigenvalue weighted by Crippen LogP contribution is 2.67. The number of fused-ring (bicyclic) bond motifs is 2. The Hall–Kier alpha value is 0.200. The molecule has 2 bridgehead atoms. The molecule has 0 radical (unpaired) electrons. The quantitative estimate of drug-likeness (QED) is 0.569. The zero-order valence-electron chi connectivity index (χ0n) is 17.4. The third-order valence-electron chi connectivity index (χ3n) is 8.23. The summed E-state index contributed by atoms with van der Waals surface area (Å²) in [4.78, 5) is 0. The van der Waals surface area contributed by atoms with E-state index < -0.39 is 10.0 Å². The lowest BCUT2D eigenvalue weighted by atomic mass is 9.70. The Labute approximate surface area is 172 Å². The van der Waals surface area contributed by atoms with E-state index in [1.54, 1.807) is 0 Å². The fraction of sp³-hybridized carbons (Fsp3) is 1.00. The number of rotatable bonds is 4. The minimum atomic E-state index is -3.25. The molecular weight excluding hydrogens is 378 g/mol. The highest BCUT2D eigenvalue weighted by molar-refractivity contribution is 7.89. The summed E-state index contributed by atoms with van der Waals surface area (Å²) in [6.45, 7) is 4.45. The van der Waals surface area contributed by atoms with Gasteiger partial charge in [-0.2, -0.15) is 0 Å². The van der Waals surface area contributed by atoms with E-state index in [0.717, 1.165) is 44.9 Å². The molecule has 0 heterocycles. The molecule has 0 aromatic rings. The Morgan fingerprint density at radius 3 is 1.85 bits per heavy atom. The van der Waals surface area contributed by atoms with Crippen LogP contribution < -0.4 is 4.72 Å². The molecule has 4 saturated carbocycles. The van der Waals surface area contributed by atoms with Crippen molar-refractivity contribution in [1.82, 2.24) is 4.72 Å². The normalized spacial score (nSPS) is 36.3. The van der Waals surface area contributed by atoms with Crippen molar-refractivity contribution in [2.75, 3.05) is 5.75 Å². The number of sulfonamides is 1. The minimum Gasteiger partial charge on any atom is -0.212 e. The second kappa shape index (κ2) is 8.92. The molecule has 4 aliphatic rings. The maximum atomic E-state index is 12.7. The summed E-state index contributed by atoms with van der Waals surface area (Å²) in [5.74, 6) is 0.804. The molecule has 0 aromatic carbocycles. The van der Waals surface area contributed by atoms with Crippen LogP contribution in [0.4, 0.5) is 0 Å². The van der Waals surface area contributed by atoms with Crippen LogP contribution >= 0.6 is 11.6 Å². The molecule has 3 unspecified atom stereocenters. The van der Waals surface area contributed by atoms with Crippen molar-refractivity contribution in [3.63, 3.8) is 0 Å². The van der Waals surface area contributed by atoms with E-state index in [4.69, 9.17) is 11.6 Å². The third kappa shape index (κ3) is 4.86. The molecule has 4 aliphatic carbocycles. The fourth-order valence-corrected chi connectivity index (χ4v) is 9.23. The molecule has 3 atom stereocenters. The van der Waals surface area contributed by atoms with Gasteiger partial charge in [-0.15, -0.1) is 11.6 Å². The maximum Gasteiger partial charge on any atom is 0.212 e. The number of hydrogen-bond acceptors (Lipinski definition) is 2. The molecule has 4 rings (SSSR count). The van der Waals surface area contributed by atoms with Gasteiger partial charge >= 0.3 is 0 Å². The number of halogens is 1. The van der Waals surface area contributed by atoms with Crippen molar-refractivity contribution in [3.8, 4) is 0 Å². The molecule has 5 heteroatoms. The standard InChI is InChI=1S/C16H28ClNO2S.C6H12/c1-15(2)12-8-9-16(15,14(17)10-12)11-21(19,20)18-13-6-4-3-5-7-13;1-2-4-6-5-3-1/h12-14,18H,3-11H2,1-2H3;1-6H2. The van der Waals surface area contributed by atoms with Gasteiger partial charge in [0, 0.05) is 16.8 Å². The van der Waals surface area contributed by atoms with Gasteiger partial charge in [0.15, 0.2) is 0 Å². The van der Waals surface area contributed by atoms with Crippen LogP contribution in [-0.4, -0.2) is 25.6 Å². The molecule has 4 fully saturated rings. The second-order valence-corrected chi connectivity index (χ2v) is 12.4. The van der Waals surface area contributed by atoms with Crippen molar-refractivity contribution in [2.45, 2.75) is 115 Å². The van der Waals surface area contributed by atoms with E-state index in [1.165, 1.54) is 44.9 Å². The molecular formula is C22H40ClNO2S. The first kappa shape index (κ1) is 21.9. The van der Waals surface area contributed by atoms with Gasteiger partial charge in [0.05, 0.1) is 5.75 Å². The Bertz CT molecular complexity index is 570. The van der Waals surface area contributed by atoms with Crippen molar-refractivity contribution >= 4 is 21.6 Å². The highest BCUT2D eigenvalue weighted by Gasteiger charge is 2.64. The molecule has 0 saturated heterocycles. The van der Waals surface area contributed by atoms with Gasteiger partial charge in [0.2, 0.25) is 10.0 Å². The van der Waals surface area contributed by atoms with Crippen LogP contribution in [0, 0.1) is 16.7 Å². The van der Waals surface area contributed by atoms with Crippen LogP contribution in [0.1, 0.15) is 104 Å². The molecule has 0 spiro atoms. The minimum absolute atomic E-state index is 0.00850. The first-order chi connectivity index (χ1) is 12.8. The van der Waals surface area contributed by atoms with Crippen LogP contribution in [0.5, 0.6) is 0 Å². The first-order valence-electron chi connectivity index (χ1n) is 11.4. The average molecular weight is 418 g/mol. The molecule has 158 valence electrons. The predicted molar refractivity (Wildman–Crippen MR) is 115 cm³/mol. The molecule has 27 heavy (non-hydrogen) atoms. The largest absolute Gasteiger partial charge is 0.212 e.